The number of para-hydroxylation sites is 1. The minimum atomic E-state index is -3.46. The third-order valence-electron chi connectivity index (χ3n) is 5.33. The topological polar surface area (TPSA) is 99.1 Å². The number of benzene rings is 1. The van der Waals surface area contributed by atoms with Crippen LogP contribution in [0.3, 0.4) is 0 Å². The van der Waals surface area contributed by atoms with Gasteiger partial charge in [0, 0.05) is 5.54 Å². The maximum Gasteiger partial charge on any atom is 0.253 e. The quantitative estimate of drug-likeness (QED) is 0.873. The summed E-state index contributed by atoms with van der Waals surface area (Å²) in [5.74, 6) is -0.270. The largest absolute Gasteiger partial charge is 0.347 e. The molecule has 1 aromatic rings. The number of anilines is 1. The van der Waals surface area contributed by atoms with E-state index in [0.29, 0.717) is 5.56 Å². The third kappa shape index (κ3) is 3.24. The van der Waals surface area contributed by atoms with E-state index in [1.807, 2.05) is 0 Å². The molecular weight excluding hydrogens is 326 g/mol. The maximum absolute atomic E-state index is 12.7. The van der Waals surface area contributed by atoms with Gasteiger partial charge in [-0.05, 0) is 50.7 Å². The zero-order valence-corrected chi connectivity index (χ0v) is 14.4. The second-order valence-corrected chi connectivity index (χ2v) is 8.79. The summed E-state index contributed by atoms with van der Waals surface area (Å²) in [6.07, 6.45) is 5.90. The Morgan fingerprint density at radius 1 is 1.12 bits per heavy atom. The molecule has 0 heterocycles. The number of fused-ring (bicyclic) bond motifs is 3. The van der Waals surface area contributed by atoms with E-state index in [-0.39, 0.29) is 22.5 Å². The van der Waals surface area contributed by atoms with Crippen molar-refractivity contribution in [3.8, 4) is 6.07 Å². The Bertz CT molecular complexity index is 786. The Morgan fingerprint density at radius 3 is 2.25 bits per heavy atom. The van der Waals surface area contributed by atoms with E-state index in [9.17, 15) is 18.5 Å². The molecule has 128 valence electrons. The first-order valence-corrected chi connectivity index (χ1v) is 9.96. The lowest BCUT2D eigenvalue weighted by atomic mass is 9.58. The molecule has 0 aromatic heterocycles. The molecule has 1 aromatic carbocycles. The van der Waals surface area contributed by atoms with Crippen molar-refractivity contribution in [2.45, 2.75) is 44.1 Å². The van der Waals surface area contributed by atoms with Gasteiger partial charge in [-0.3, -0.25) is 9.52 Å². The molecule has 0 radical (unpaired) electrons. The second kappa shape index (κ2) is 5.78. The number of hydrogen-bond donors (Lipinski definition) is 2. The van der Waals surface area contributed by atoms with Crippen molar-refractivity contribution in [1.29, 1.82) is 5.26 Å². The van der Waals surface area contributed by atoms with Gasteiger partial charge in [0.1, 0.15) is 0 Å². The zero-order valence-electron chi connectivity index (χ0n) is 13.6. The number of amides is 1. The van der Waals surface area contributed by atoms with Crippen LogP contribution in [0.15, 0.2) is 24.3 Å². The molecule has 0 unspecified atom stereocenters. The molecule has 1 amide bonds. The van der Waals surface area contributed by atoms with Crippen molar-refractivity contribution in [2.24, 2.45) is 5.41 Å². The monoisotopic (exact) mass is 347 g/mol. The van der Waals surface area contributed by atoms with E-state index in [2.05, 4.69) is 16.1 Å². The highest BCUT2D eigenvalue weighted by Gasteiger charge is 2.49. The molecule has 3 fully saturated rings. The fourth-order valence-corrected chi connectivity index (χ4v) is 4.40. The van der Waals surface area contributed by atoms with Gasteiger partial charge in [0.05, 0.1) is 29.0 Å². The fourth-order valence-electron chi connectivity index (χ4n) is 3.82. The molecule has 0 spiro atoms. The average Bonchev–Trinajstić information content (AvgIpc) is 2.55. The number of sulfonamides is 1. The van der Waals surface area contributed by atoms with E-state index in [4.69, 9.17) is 0 Å². The maximum atomic E-state index is 12.7. The number of nitrogens with zero attached hydrogens (tertiary/aromatic N) is 1. The second-order valence-electron chi connectivity index (χ2n) is 7.05. The van der Waals surface area contributed by atoms with Gasteiger partial charge in [-0.2, -0.15) is 5.26 Å². The van der Waals surface area contributed by atoms with Crippen molar-refractivity contribution in [1.82, 2.24) is 5.32 Å². The van der Waals surface area contributed by atoms with Crippen LogP contribution in [0.2, 0.25) is 0 Å². The number of carbonyl (C=O) groups excluding carboxylic acids is 1. The van der Waals surface area contributed by atoms with Gasteiger partial charge in [0.25, 0.3) is 5.91 Å². The number of carbonyl (C=O) groups is 1. The van der Waals surface area contributed by atoms with Gasteiger partial charge >= 0.3 is 0 Å². The lowest BCUT2D eigenvalue weighted by Gasteiger charge is -2.50. The van der Waals surface area contributed by atoms with Crippen LogP contribution in [-0.4, -0.2) is 26.1 Å². The van der Waals surface area contributed by atoms with Crippen LogP contribution in [0.5, 0.6) is 0 Å². The molecule has 24 heavy (non-hydrogen) atoms. The van der Waals surface area contributed by atoms with E-state index in [1.54, 1.807) is 24.3 Å². The average molecular weight is 347 g/mol. The first kappa shape index (κ1) is 16.8. The molecule has 3 aliphatic carbocycles. The number of rotatable bonds is 4. The zero-order chi connectivity index (χ0) is 17.4. The summed E-state index contributed by atoms with van der Waals surface area (Å²) in [4.78, 5) is 12.7. The summed E-state index contributed by atoms with van der Waals surface area (Å²) in [7, 11) is -3.46. The van der Waals surface area contributed by atoms with Crippen LogP contribution in [0.4, 0.5) is 5.69 Å². The first-order valence-electron chi connectivity index (χ1n) is 8.07. The predicted octanol–water partition coefficient (Wildman–Crippen LogP) is 2.40. The molecule has 2 bridgehead atoms. The molecule has 7 heteroatoms. The van der Waals surface area contributed by atoms with Gasteiger partial charge in [-0.25, -0.2) is 8.42 Å². The summed E-state index contributed by atoms with van der Waals surface area (Å²) in [6.45, 7) is 0. The molecule has 4 rings (SSSR count). The summed E-state index contributed by atoms with van der Waals surface area (Å²) in [5.41, 5.74) is 0.128. The van der Waals surface area contributed by atoms with E-state index in [1.165, 1.54) is 0 Å². The molecule has 3 saturated carbocycles. The van der Waals surface area contributed by atoms with Crippen LogP contribution < -0.4 is 10.0 Å². The van der Waals surface area contributed by atoms with Crippen LogP contribution in [0, 0.1) is 16.7 Å². The van der Waals surface area contributed by atoms with Gasteiger partial charge in [0.15, 0.2) is 0 Å². The molecule has 6 nitrogen and oxygen atoms in total. The first-order chi connectivity index (χ1) is 11.3. The molecule has 3 aliphatic rings. The summed E-state index contributed by atoms with van der Waals surface area (Å²) < 4.78 is 25.4. The highest BCUT2D eigenvalue weighted by molar-refractivity contribution is 7.92. The number of hydrogen-bond acceptors (Lipinski definition) is 4. The van der Waals surface area contributed by atoms with Crippen LogP contribution >= 0.6 is 0 Å². The summed E-state index contributed by atoms with van der Waals surface area (Å²) >= 11 is 0. The highest BCUT2D eigenvalue weighted by atomic mass is 32.2. The Kier molecular flexibility index (Phi) is 4.04. The van der Waals surface area contributed by atoms with Gasteiger partial charge in [-0.1, -0.05) is 12.1 Å². The molecular formula is C17H21N3O3S. The van der Waals surface area contributed by atoms with E-state index >= 15 is 0 Å². The van der Waals surface area contributed by atoms with E-state index < -0.39 is 10.0 Å². The van der Waals surface area contributed by atoms with Crippen molar-refractivity contribution in [3.63, 3.8) is 0 Å². The normalized spacial score (nSPS) is 28.8. The number of nitriles is 1. The molecule has 2 N–H and O–H groups in total. The SMILES string of the molecule is CS(=O)(=O)Nc1ccccc1C(=O)NC12CCC(C#N)(CC1)CC2. The Labute approximate surface area is 142 Å². The minimum Gasteiger partial charge on any atom is -0.347 e. The van der Waals surface area contributed by atoms with Crippen LogP contribution in [0.25, 0.3) is 0 Å². The van der Waals surface area contributed by atoms with Gasteiger partial charge < -0.3 is 5.32 Å². The smallest absolute Gasteiger partial charge is 0.253 e. The van der Waals surface area contributed by atoms with Gasteiger partial charge in [0.2, 0.25) is 10.0 Å². The molecule has 0 atom stereocenters. The molecule has 0 saturated heterocycles. The Balaban J connectivity index is 1.79. The summed E-state index contributed by atoms with van der Waals surface area (Å²) in [5, 5.41) is 12.5. The predicted molar refractivity (Wildman–Crippen MR) is 90.9 cm³/mol. The highest BCUT2D eigenvalue weighted by Crippen LogP contribution is 2.52. The lowest BCUT2D eigenvalue weighted by Crippen LogP contribution is -2.56. The standard InChI is InChI=1S/C17H21N3O3S/c1-24(22,23)20-14-5-3-2-4-13(14)15(21)19-17-9-6-16(12-18,7-10-17)8-11-17/h2-5,20H,6-11H2,1H3,(H,19,21). The number of nitrogens with one attached hydrogen (secondary N) is 2. The Morgan fingerprint density at radius 2 is 1.71 bits per heavy atom. The Hall–Kier alpha value is -2.07. The van der Waals surface area contributed by atoms with Crippen molar-refractivity contribution >= 4 is 21.6 Å². The van der Waals surface area contributed by atoms with Crippen LogP contribution in [0.1, 0.15) is 48.9 Å². The minimum absolute atomic E-state index is 0.206. The van der Waals surface area contributed by atoms with Gasteiger partial charge in [-0.15, -0.1) is 0 Å². The fraction of sp³-hybridized carbons (Fsp3) is 0.529. The van der Waals surface area contributed by atoms with Crippen molar-refractivity contribution in [2.75, 3.05) is 11.0 Å². The summed E-state index contributed by atoms with van der Waals surface area (Å²) in [6, 6.07) is 9.04. The third-order valence-corrected chi connectivity index (χ3v) is 5.92. The van der Waals surface area contributed by atoms with E-state index in [0.717, 1.165) is 44.8 Å². The van der Waals surface area contributed by atoms with Crippen LogP contribution in [-0.2, 0) is 10.0 Å². The molecule has 0 aliphatic heterocycles. The lowest BCUT2D eigenvalue weighted by molar-refractivity contribution is 0.0522. The van der Waals surface area contributed by atoms with Crippen molar-refractivity contribution in [3.05, 3.63) is 29.8 Å². The van der Waals surface area contributed by atoms with Crippen molar-refractivity contribution < 1.29 is 13.2 Å².